The van der Waals surface area contributed by atoms with Crippen molar-refractivity contribution in [3.05, 3.63) is 109 Å². The molecule has 8 nitrogen and oxygen atoms in total. The molecule has 0 saturated heterocycles. The summed E-state index contributed by atoms with van der Waals surface area (Å²) in [4.78, 5) is 12.1. The van der Waals surface area contributed by atoms with Crippen molar-refractivity contribution in [3.8, 4) is 0 Å². The van der Waals surface area contributed by atoms with Gasteiger partial charge in [-0.1, -0.05) is 84.2 Å². The van der Waals surface area contributed by atoms with E-state index in [9.17, 15) is 0 Å². The van der Waals surface area contributed by atoms with E-state index in [1.807, 2.05) is 23.5 Å². The monoisotopic (exact) mass is 738 g/mol. The minimum atomic E-state index is -4.94. The molecule has 0 radical (unpaired) electrons. The van der Waals surface area contributed by atoms with Crippen molar-refractivity contribution in [2.75, 3.05) is 0 Å². The fourth-order valence-electron chi connectivity index (χ4n) is 5.66. The predicted octanol–water partition coefficient (Wildman–Crippen LogP) is -0.256. The Bertz CT molecular complexity index is 1440. The van der Waals surface area contributed by atoms with E-state index in [0.717, 1.165) is 0 Å². The first-order valence-corrected chi connectivity index (χ1v) is 20.6. The van der Waals surface area contributed by atoms with E-state index in [1.165, 1.54) is 45.3 Å². The molecule has 0 aromatic heterocycles. The van der Waals surface area contributed by atoms with Crippen LogP contribution in [-0.4, -0.2) is 10.5 Å². The van der Waals surface area contributed by atoms with Crippen LogP contribution in [0.4, 0.5) is 0 Å². The lowest BCUT2D eigenvalue weighted by molar-refractivity contribution is -2.00. The van der Waals surface area contributed by atoms with Crippen LogP contribution in [0.1, 0.15) is 25.7 Å². The van der Waals surface area contributed by atoms with Crippen LogP contribution in [0.25, 0.3) is 0 Å². The fraction of sp³-hybridized carbons (Fsp3) is 0.188. The average molecular weight is 740 g/mol. The molecule has 0 saturated carbocycles. The first kappa shape index (κ1) is 35.6. The molecule has 7 rings (SSSR count). The van der Waals surface area contributed by atoms with E-state index in [1.54, 1.807) is 19.6 Å². The van der Waals surface area contributed by atoms with Gasteiger partial charge in [0.2, 0.25) is 0 Å². The maximum atomic E-state index is 8.49. The molecule has 46 heavy (non-hydrogen) atoms. The van der Waals surface area contributed by atoms with Crippen LogP contribution in [0, 0.1) is 20.5 Å². The van der Waals surface area contributed by atoms with Gasteiger partial charge in [-0.2, -0.15) is 0 Å². The first-order valence-electron chi connectivity index (χ1n) is 13.9. The molecule has 4 aromatic rings. The van der Waals surface area contributed by atoms with Crippen LogP contribution in [0.2, 0.25) is 0 Å². The maximum absolute atomic E-state index is 8.49. The minimum absolute atomic E-state index is 0.0603. The van der Waals surface area contributed by atoms with E-state index in [4.69, 9.17) is 37.3 Å². The molecule has 0 N–H and O–H groups in total. The Labute approximate surface area is 286 Å². The topological polar surface area (TPSA) is 184 Å². The van der Waals surface area contributed by atoms with Crippen molar-refractivity contribution in [2.24, 2.45) is 0 Å². The van der Waals surface area contributed by atoms with Gasteiger partial charge in [-0.3, -0.25) is 0 Å². The molecule has 242 valence electrons. The van der Waals surface area contributed by atoms with Crippen LogP contribution in [0.3, 0.4) is 0 Å². The predicted molar refractivity (Wildman–Crippen MR) is 157 cm³/mol. The number of benzene rings is 4. The molecule has 14 heteroatoms. The highest BCUT2D eigenvalue weighted by atomic mass is 35.7. The second-order valence-electron chi connectivity index (χ2n) is 10.1. The Hall–Kier alpha value is -1.72. The highest BCUT2D eigenvalue weighted by molar-refractivity contribution is 8.06. The number of rotatable bonds is 2. The van der Waals surface area contributed by atoms with Gasteiger partial charge in [0.05, 0.1) is 41.4 Å². The van der Waals surface area contributed by atoms with Gasteiger partial charge in [-0.15, -0.1) is 20.5 Å². The summed E-state index contributed by atoms with van der Waals surface area (Å²) in [7, 11) is -9.77. The summed E-state index contributed by atoms with van der Waals surface area (Å²) >= 11 is 3.93. The minimum Gasteiger partial charge on any atom is -0.222 e. The van der Waals surface area contributed by atoms with Crippen LogP contribution < -0.4 is 37.3 Å². The van der Waals surface area contributed by atoms with Gasteiger partial charge in [0.1, 0.15) is 0 Å². The van der Waals surface area contributed by atoms with Gasteiger partial charge in [0, 0.05) is 12.8 Å². The number of hydrogen-bond acceptors (Lipinski definition) is 10. The van der Waals surface area contributed by atoms with Crippen LogP contribution >= 0.6 is 23.5 Å². The summed E-state index contributed by atoms with van der Waals surface area (Å²) < 4.78 is 67.9. The molecule has 0 unspecified atom stereocenters. The van der Waals surface area contributed by atoms with Crippen LogP contribution in [0.15, 0.2) is 148 Å². The van der Waals surface area contributed by atoms with Crippen molar-refractivity contribution in [1.82, 2.24) is 0 Å². The van der Waals surface area contributed by atoms with Crippen molar-refractivity contribution >= 4 is 45.3 Å². The lowest BCUT2D eigenvalue weighted by atomic mass is 10.1. The molecular weight excluding hydrogens is 712 g/mol. The standard InChI is InChI=1S/C32H28S4.2ClHO4/c1-2-4-22-32(36-29-19-11-7-15-25(29)34-26-16-8-12-20-30(26)36)31(21-3-1)35-27-17-9-5-13-23(27)33-24-14-6-10-18-28(24)35;2*2-1(3,4)5/h1-2,5-20,31-32H,3-4,21-22H2;2*(H,2,3,4,5)/q+2;;/p-2/b2-1-;;/t31-,32-;;/m1../s1. The van der Waals surface area contributed by atoms with Gasteiger partial charge >= 0.3 is 0 Å². The largest absolute Gasteiger partial charge is 0.222 e. The molecule has 2 heterocycles. The number of hydrogen-bond donors (Lipinski definition) is 0. The molecule has 4 aromatic carbocycles. The molecule has 2 atom stereocenters. The van der Waals surface area contributed by atoms with E-state index in [0.29, 0.717) is 10.5 Å². The van der Waals surface area contributed by atoms with E-state index in [2.05, 4.69) is 109 Å². The van der Waals surface area contributed by atoms with Crippen molar-refractivity contribution in [2.45, 2.75) is 75.3 Å². The average Bonchev–Trinajstić information content (AvgIpc) is 2.98. The fourth-order valence-corrected chi connectivity index (χ4v) is 15.1. The smallest absolute Gasteiger partial charge is 0.177 e. The second-order valence-corrected chi connectivity index (χ2v) is 18.1. The van der Waals surface area contributed by atoms with E-state index < -0.39 is 20.5 Å². The zero-order chi connectivity index (χ0) is 32.9. The Balaban J connectivity index is 0.000000366. The molecular formula is C32H28Cl2O8S4. The third-order valence-corrected chi connectivity index (χ3v) is 15.9. The lowest BCUT2D eigenvalue weighted by Gasteiger charge is -2.32. The Morgan fingerprint density at radius 2 is 0.674 bits per heavy atom. The molecule has 2 aliphatic heterocycles. The normalized spacial score (nSPS) is 20.1. The van der Waals surface area contributed by atoms with Gasteiger partial charge in [-0.25, -0.2) is 37.3 Å². The third-order valence-electron chi connectivity index (χ3n) is 7.21. The van der Waals surface area contributed by atoms with E-state index >= 15 is 0 Å². The highest BCUT2D eigenvalue weighted by Crippen LogP contribution is 2.53. The summed E-state index contributed by atoms with van der Waals surface area (Å²) in [6.07, 6.45) is 9.75. The van der Waals surface area contributed by atoms with Gasteiger partial charge in [-0.05, 0) is 61.4 Å². The second kappa shape index (κ2) is 15.7. The van der Waals surface area contributed by atoms with E-state index in [-0.39, 0.29) is 21.8 Å². The molecule has 0 fully saturated rings. The zero-order valence-corrected chi connectivity index (χ0v) is 28.8. The molecule has 1 aliphatic carbocycles. The number of halogens is 2. The van der Waals surface area contributed by atoms with Gasteiger partial charge in [0.15, 0.2) is 30.1 Å². The third kappa shape index (κ3) is 9.46. The molecule has 0 bridgehead atoms. The number of fused-ring (bicyclic) bond motifs is 4. The van der Waals surface area contributed by atoms with Crippen LogP contribution in [-0.2, 0) is 21.8 Å². The van der Waals surface area contributed by atoms with Crippen LogP contribution in [0.5, 0.6) is 0 Å². The number of allylic oxidation sites excluding steroid dienone is 2. The Morgan fingerprint density at radius 3 is 0.935 bits per heavy atom. The Kier molecular flexibility index (Phi) is 12.1. The first-order chi connectivity index (χ1) is 21.9. The van der Waals surface area contributed by atoms with Crippen molar-refractivity contribution < 1.29 is 57.8 Å². The quantitative estimate of drug-likeness (QED) is 0.196. The molecule has 0 amide bonds. The lowest BCUT2D eigenvalue weighted by Crippen LogP contribution is -2.68. The summed E-state index contributed by atoms with van der Waals surface area (Å²) in [5, 5.41) is 1.23. The van der Waals surface area contributed by atoms with Crippen molar-refractivity contribution in [3.63, 3.8) is 0 Å². The summed E-state index contributed by atoms with van der Waals surface area (Å²) in [6, 6.07) is 37.0. The Morgan fingerprint density at radius 1 is 0.435 bits per heavy atom. The SMILES string of the molecule is C1=C\CC[C@@H]([S+]2c3ccccc3Sc3ccccc32)[C@H]([S+]2c3ccccc3Sc3ccccc32)CC/1.[O-][Cl+3]([O-])([O-])[O-].[O-][Cl+3]([O-])([O-])[O-]. The van der Waals surface area contributed by atoms with Gasteiger partial charge < -0.3 is 0 Å². The molecule has 0 spiro atoms. The van der Waals surface area contributed by atoms with Crippen molar-refractivity contribution in [1.29, 1.82) is 0 Å². The molecule has 3 aliphatic rings. The zero-order valence-electron chi connectivity index (χ0n) is 24.0. The summed E-state index contributed by atoms with van der Waals surface area (Å²) in [5.41, 5.74) is 0. The highest BCUT2D eigenvalue weighted by Gasteiger charge is 2.54. The summed E-state index contributed by atoms with van der Waals surface area (Å²) in [6.45, 7) is 0. The van der Waals surface area contributed by atoms with Gasteiger partial charge in [0.25, 0.3) is 0 Å². The summed E-state index contributed by atoms with van der Waals surface area (Å²) in [5.74, 6) is 0. The maximum Gasteiger partial charge on any atom is 0.177 e.